The van der Waals surface area contributed by atoms with Gasteiger partial charge in [-0.15, -0.1) is 0 Å². The van der Waals surface area contributed by atoms with E-state index in [1.807, 2.05) is 11.8 Å². The first-order chi connectivity index (χ1) is 11.7. The minimum absolute atomic E-state index is 0.0268. The van der Waals surface area contributed by atoms with Gasteiger partial charge in [0.2, 0.25) is 11.9 Å². The Bertz CT molecular complexity index is 631. The third kappa shape index (κ3) is 3.95. The highest BCUT2D eigenvalue weighted by atomic mass is 16.5. The van der Waals surface area contributed by atoms with Gasteiger partial charge >= 0.3 is 0 Å². The molecular formula is C17H26N4O3. The summed E-state index contributed by atoms with van der Waals surface area (Å²) >= 11 is 0. The van der Waals surface area contributed by atoms with Crippen molar-refractivity contribution in [3.8, 4) is 0 Å². The van der Waals surface area contributed by atoms with E-state index in [0.717, 1.165) is 31.4 Å². The average molecular weight is 334 g/mol. The fourth-order valence-corrected chi connectivity index (χ4v) is 3.36. The first kappa shape index (κ1) is 17.0. The van der Waals surface area contributed by atoms with Crippen LogP contribution in [-0.2, 0) is 22.5 Å². The molecule has 7 heteroatoms. The van der Waals surface area contributed by atoms with Crippen LogP contribution in [-0.4, -0.2) is 47.8 Å². The number of aromatic nitrogens is 2. The molecule has 0 atom stereocenters. The molecule has 1 saturated carbocycles. The standard InChI is InChI=1S/C17H26N4O3/c1-2-13-11-16(23)21(12-15(22)18-14-5-3-4-6-14)17(19-13)20-7-9-24-10-8-20/h11,14H,2-10,12H2,1H3,(H,18,22). The van der Waals surface area contributed by atoms with E-state index in [4.69, 9.17) is 4.74 Å². The second-order valence-corrected chi connectivity index (χ2v) is 6.47. The van der Waals surface area contributed by atoms with Gasteiger partial charge in [0.05, 0.1) is 13.2 Å². The third-order valence-electron chi connectivity index (χ3n) is 4.72. The molecule has 2 heterocycles. The number of rotatable bonds is 5. The molecule has 0 radical (unpaired) electrons. The van der Waals surface area contributed by atoms with Crippen LogP contribution < -0.4 is 15.8 Å². The molecule has 1 saturated heterocycles. The number of aryl methyl sites for hydroxylation is 1. The van der Waals surface area contributed by atoms with Crippen LogP contribution in [0.3, 0.4) is 0 Å². The summed E-state index contributed by atoms with van der Waals surface area (Å²) in [6.45, 7) is 4.59. The van der Waals surface area contributed by atoms with Crippen molar-refractivity contribution in [1.29, 1.82) is 0 Å². The van der Waals surface area contributed by atoms with Crippen LogP contribution in [0.1, 0.15) is 38.3 Å². The predicted molar refractivity (Wildman–Crippen MR) is 91.3 cm³/mol. The molecule has 1 amide bonds. The van der Waals surface area contributed by atoms with Gasteiger partial charge in [0.1, 0.15) is 6.54 Å². The summed E-state index contributed by atoms with van der Waals surface area (Å²) in [5.74, 6) is 0.480. The van der Waals surface area contributed by atoms with Gasteiger partial charge in [0.15, 0.2) is 0 Å². The second-order valence-electron chi connectivity index (χ2n) is 6.47. The predicted octanol–water partition coefficient (Wildman–Crippen LogP) is 0.701. The number of nitrogens with one attached hydrogen (secondary N) is 1. The summed E-state index contributed by atoms with van der Waals surface area (Å²) in [6.07, 6.45) is 5.09. The fourth-order valence-electron chi connectivity index (χ4n) is 3.36. The number of morpholine rings is 1. The lowest BCUT2D eigenvalue weighted by Gasteiger charge is -2.30. The molecule has 0 spiro atoms. The molecule has 2 fully saturated rings. The van der Waals surface area contributed by atoms with E-state index in [1.165, 1.54) is 10.6 Å². The summed E-state index contributed by atoms with van der Waals surface area (Å²) in [5.41, 5.74) is 0.596. The molecule has 1 aliphatic heterocycles. The summed E-state index contributed by atoms with van der Waals surface area (Å²) in [6, 6.07) is 1.79. The minimum atomic E-state index is -0.162. The summed E-state index contributed by atoms with van der Waals surface area (Å²) in [7, 11) is 0. The van der Waals surface area contributed by atoms with Crippen LogP contribution in [0.5, 0.6) is 0 Å². The molecule has 132 valence electrons. The largest absolute Gasteiger partial charge is 0.378 e. The monoisotopic (exact) mass is 334 g/mol. The van der Waals surface area contributed by atoms with Crippen LogP contribution in [0.2, 0.25) is 0 Å². The number of hydrogen-bond donors (Lipinski definition) is 1. The van der Waals surface area contributed by atoms with Crippen LogP contribution >= 0.6 is 0 Å². The molecule has 0 aromatic carbocycles. The average Bonchev–Trinajstić information content (AvgIpc) is 3.10. The first-order valence-electron chi connectivity index (χ1n) is 8.90. The van der Waals surface area contributed by atoms with E-state index in [2.05, 4.69) is 10.3 Å². The lowest BCUT2D eigenvalue weighted by atomic mass is 10.2. The summed E-state index contributed by atoms with van der Waals surface area (Å²) in [5, 5.41) is 3.04. The molecule has 3 rings (SSSR count). The normalized spacial score (nSPS) is 18.8. The van der Waals surface area contributed by atoms with Crippen molar-refractivity contribution in [2.24, 2.45) is 0 Å². The highest BCUT2D eigenvalue weighted by Gasteiger charge is 2.22. The number of ether oxygens (including phenoxy) is 1. The number of hydrogen-bond acceptors (Lipinski definition) is 5. The number of amides is 1. The summed E-state index contributed by atoms with van der Waals surface area (Å²) in [4.78, 5) is 31.5. The van der Waals surface area contributed by atoms with E-state index in [-0.39, 0.29) is 24.1 Å². The zero-order valence-corrected chi connectivity index (χ0v) is 14.3. The summed E-state index contributed by atoms with van der Waals surface area (Å²) < 4.78 is 6.88. The molecule has 7 nitrogen and oxygen atoms in total. The Morgan fingerprint density at radius 1 is 1.33 bits per heavy atom. The first-order valence-corrected chi connectivity index (χ1v) is 8.90. The number of anilines is 1. The third-order valence-corrected chi connectivity index (χ3v) is 4.72. The molecule has 24 heavy (non-hydrogen) atoms. The van der Waals surface area contributed by atoms with Gasteiger partial charge < -0.3 is 15.0 Å². The van der Waals surface area contributed by atoms with E-state index in [9.17, 15) is 9.59 Å². The second kappa shape index (κ2) is 7.79. The minimum Gasteiger partial charge on any atom is -0.378 e. The number of carbonyl (C=O) groups is 1. The van der Waals surface area contributed by atoms with Gasteiger partial charge in [-0.3, -0.25) is 14.2 Å². The molecule has 1 aromatic heterocycles. The Morgan fingerprint density at radius 3 is 2.71 bits per heavy atom. The molecular weight excluding hydrogens is 308 g/mol. The zero-order valence-electron chi connectivity index (χ0n) is 14.3. The maximum Gasteiger partial charge on any atom is 0.255 e. The van der Waals surface area contributed by atoms with Gasteiger partial charge in [-0.2, -0.15) is 0 Å². The molecule has 1 aliphatic carbocycles. The SMILES string of the molecule is CCc1cc(=O)n(CC(=O)NC2CCCC2)c(N2CCOCC2)n1. The Morgan fingerprint density at radius 2 is 2.04 bits per heavy atom. The van der Waals surface area contributed by atoms with Crippen LogP contribution in [0.4, 0.5) is 5.95 Å². The highest BCUT2D eigenvalue weighted by Crippen LogP contribution is 2.18. The Balaban J connectivity index is 1.81. The zero-order chi connectivity index (χ0) is 16.9. The number of carbonyl (C=O) groups excluding carboxylic acids is 1. The van der Waals surface area contributed by atoms with E-state index < -0.39 is 0 Å². The van der Waals surface area contributed by atoms with Crippen LogP contribution in [0.15, 0.2) is 10.9 Å². The molecule has 1 aromatic rings. The number of nitrogens with zero attached hydrogens (tertiary/aromatic N) is 3. The van der Waals surface area contributed by atoms with Crippen molar-refractivity contribution in [3.05, 3.63) is 22.1 Å². The van der Waals surface area contributed by atoms with Gasteiger partial charge in [-0.1, -0.05) is 19.8 Å². The van der Waals surface area contributed by atoms with Crippen LogP contribution in [0.25, 0.3) is 0 Å². The maximum absolute atomic E-state index is 12.5. The van der Waals surface area contributed by atoms with Crippen molar-refractivity contribution in [3.63, 3.8) is 0 Å². The van der Waals surface area contributed by atoms with Gasteiger partial charge in [-0.25, -0.2) is 4.98 Å². The van der Waals surface area contributed by atoms with Gasteiger partial charge in [0, 0.05) is 30.9 Å². The highest BCUT2D eigenvalue weighted by molar-refractivity contribution is 5.76. The van der Waals surface area contributed by atoms with Crippen molar-refractivity contribution in [2.45, 2.75) is 51.6 Å². The molecule has 0 unspecified atom stereocenters. The fraction of sp³-hybridized carbons (Fsp3) is 0.706. The smallest absolute Gasteiger partial charge is 0.255 e. The molecule has 0 bridgehead atoms. The van der Waals surface area contributed by atoms with Crippen molar-refractivity contribution in [1.82, 2.24) is 14.9 Å². The molecule has 1 N–H and O–H groups in total. The van der Waals surface area contributed by atoms with E-state index >= 15 is 0 Å². The van der Waals surface area contributed by atoms with E-state index in [1.54, 1.807) is 0 Å². The van der Waals surface area contributed by atoms with Gasteiger partial charge in [-0.05, 0) is 19.3 Å². The Kier molecular flexibility index (Phi) is 5.50. The Hall–Kier alpha value is -1.89. The lowest BCUT2D eigenvalue weighted by molar-refractivity contribution is -0.122. The lowest BCUT2D eigenvalue weighted by Crippen LogP contribution is -2.43. The van der Waals surface area contributed by atoms with Gasteiger partial charge in [0.25, 0.3) is 5.56 Å². The maximum atomic E-state index is 12.5. The van der Waals surface area contributed by atoms with Crippen molar-refractivity contribution >= 4 is 11.9 Å². The Labute approximate surface area is 142 Å². The van der Waals surface area contributed by atoms with Crippen molar-refractivity contribution in [2.75, 3.05) is 31.2 Å². The molecule has 2 aliphatic rings. The van der Waals surface area contributed by atoms with E-state index in [0.29, 0.717) is 38.7 Å². The van der Waals surface area contributed by atoms with Crippen molar-refractivity contribution < 1.29 is 9.53 Å². The quantitative estimate of drug-likeness (QED) is 0.858. The topological polar surface area (TPSA) is 76.5 Å². The van der Waals surface area contributed by atoms with Crippen LogP contribution in [0, 0.1) is 0 Å².